The summed E-state index contributed by atoms with van der Waals surface area (Å²) in [6, 6.07) is 9.29. The van der Waals surface area contributed by atoms with Crippen molar-refractivity contribution in [3.63, 3.8) is 0 Å². The van der Waals surface area contributed by atoms with Gasteiger partial charge in [0.05, 0.1) is 11.2 Å². The van der Waals surface area contributed by atoms with Crippen molar-refractivity contribution in [2.45, 2.75) is 31.3 Å². The van der Waals surface area contributed by atoms with Gasteiger partial charge in [-0.15, -0.1) is 0 Å². The van der Waals surface area contributed by atoms with Gasteiger partial charge >= 0.3 is 6.03 Å². The van der Waals surface area contributed by atoms with Crippen LogP contribution in [0.25, 0.3) is 0 Å². The molecule has 3 rings (SSSR count). The molecular weight excluding hydrogens is 390 g/mol. The van der Waals surface area contributed by atoms with Gasteiger partial charge < -0.3 is 9.47 Å². The van der Waals surface area contributed by atoms with Crippen molar-refractivity contribution in [2.24, 2.45) is 0 Å². The number of nitrogens with zero attached hydrogens (tertiary/aromatic N) is 4. The number of carbonyl (C=O) groups excluding carboxylic acids is 1. The number of imidazole rings is 1. The Morgan fingerprint density at radius 2 is 1.79 bits per heavy atom. The first-order chi connectivity index (χ1) is 13.9. The molecular formula is C20H23N5O3S. The summed E-state index contributed by atoms with van der Waals surface area (Å²) in [5.41, 5.74) is 1.81. The highest BCUT2D eigenvalue weighted by Gasteiger charge is 2.22. The van der Waals surface area contributed by atoms with Crippen LogP contribution in [0.1, 0.15) is 17.5 Å². The van der Waals surface area contributed by atoms with Gasteiger partial charge in [0, 0.05) is 44.4 Å². The average Bonchev–Trinajstić information content (AvgIpc) is 3.21. The van der Waals surface area contributed by atoms with Gasteiger partial charge in [0.2, 0.25) is 0 Å². The summed E-state index contributed by atoms with van der Waals surface area (Å²) >= 11 is 0. The molecule has 29 heavy (non-hydrogen) atoms. The highest BCUT2D eigenvalue weighted by atomic mass is 32.2. The molecule has 0 fully saturated rings. The van der Waals surface area contributed by atoms with Crippen molar-refractivity contribution in [1.82, 2.24) is 24.2 Å². The number of hydrogen-bond acceptors (Lipinski definition) is 5. The number of amides is 2. The number of sulfonamides is 1. The molecule has 2 amide bonds. The first kappa shape index (κ1) is 20.5. The van der Waals surface area contributed by atoms with Crippen LogP contribution in [0.4, 0.5) is 4.79 Å². The zero-order valence-corrected chi connectivity index (χ0v) is 16.9. The van der Waals surface area contributed by atoms with Gasteiger partial charge in [-0.1, -0.05) is 17.7 Å². The summed E-state index contributed by atoms with van der Waals surface area (Å²) in [7, 11) is -3.95. The van der Waals surface area contributed by atoms with E-state index in [0.29, 0.717) is 19.5 Å². The average molecular weight is 414 g/mol. The van der Waals surface area contributed by atoms with E-state index in [9.17, 15) is 13.2 Å². The molecule has 0 aliphatic rings. The smallest absolute Gasteiger partial charge is 0.331 e. The number of aromatic nitrogens is 3. The lowest BCUT2D eigenvalue weighted by atomic mass is 10.2. The number of pyridine rings is 1. The van der Waals surface area contributed by atoms with Crippen LogP contribution in [0.2, 0.25) is 0 Å². The summed E-state index contributed by atoms with van der Waals surface area (Å²) in [5, 5.41) is 0. The van der Waals surface area contributed by atoms with Crippen LogP contribution in [0.5, 0.6) is 0 Å². The topological polar surface area (TPSA) is 97.2 Å². The van der Waals surface area contributed by atoms with Crippen molar-refractivity contribution in [3.8, 4) is 0 Å². The van der Waals surface area contributed by atoms with Gasteiger partial charge in [0.25, 0.3) is 10.0 Å². The molecule has 0 unspecified atom stereocenters. The third kappa shape index (κ3) is 5.89. The minimum atomic E-state index is -3.95. The molecule has 0 saturated carbocycles. The standard InChI is InChI=1S/C20H23N5O3S/c1-17-3-5-19(6-4-17)29(27,28)23-20(26)25(15-18-7-9-21-10-8-18)13-2-12-24-14-11-22-16-24/h3-11,14,16H,2,12-13,15H2,1H3,(H,23,26). The fourth-order valence-electron chi connectivity index (χ4n) is 2.78. The Kier molecular flexibility index (Phi) is 6.61. The molecule has 3 aromatic rings. The highest BCUT2D eigenvalue weighted by molar-refractivity contribution is 7.90. The lowest BCUT2D eigenvalue weighted by Gasteiger charge is -2.23. The van der Waals surface area contributed by atoms with E-state index in [1.807, 2.05) is 17.7 Å². The van der Waals surface area contributed by atoms with Crippen LogP contribution in [0.3, 0.4) is 0 Å². The van der Waals surface area contributed by atoms with E-state index < -0.39 is 16.1 Å². The molecule has 0 aliphatic heterocycles. The lowest BCUT2D eigenvalue weighted by molar-refractivity contribution is 0.199. The summed E-state index contributed by atoms with van der Waals surface area (Å²) in [6.45, 7) is 3.20. The van der Waals surface area contributed by atoms with E-state index in [1.165, 1.54) is 17.0 Å². The van der Waals surface area contributed by atoms with Crippen molar-refractivity contribution >= 4 is 16.1 Å². The van der Waals surface area contributed by atoms with Crippen LogP contribution < -0.4 is 4.72 Å². The second kappa shape index (κ2) is 9.33. The van der Waals surface area contributed by atoms with E-state index in [-0.39, 0.29) is 11.4 Å². The van der Waals surface area contributed by atoms with Gasteiger partial charge in [-0.25, -0.2) is 22.9 Å². The molecule has 0 aliphatic carbocycles. The number of aryl methyl sites for hydroxylation is 2. The fraction of sp³-hybridized carbons (Fsp3) is 0.250. The van der Waals surface area contributed by atoms with Crippen LogP contribution >= 0.6 is 0 Å². The number of benzene rings is 1. The zero-order valence-electron chi connectivity index (χ0n) is 16.1. The lowest BCUT2D eigenvalue weighted by Crippen LogP contribution is -2.43. The minimum Gasteiger partial charge on any atom is -0.337 e. The SMILES string of the molecule is Cc1ccc(S(=O)(=O)NC(=O)N(CCCn2ccnc2)Cc2ccncc2)cc1. The minimum absolute atomic E-state index is 0.0544. The Morgan fingerprint density at radius 3 is 2.45 bits per heavy atom. The summed E-state index contributed by atoms with van der Waals surface area (Å²) < 4.78 is 29.3. The molecule has 0 saturated heterocycles. The molecule has 1 N–H and O–H groups in total. The van der Waals surface area contributed by atoms with E-state index >= 15 is 0 Å². The number of rotatable bonds is 8. The Hall–Kier alpha value is -3.20. The molecule has 2 aromatic heterocycles. The van der Waals surface area contributed by atoms with Crippen LogP contribution in [0.15, 0.2) is 72.4 Å². The third-order valence-electron chi connectivity index (χ3n) is 4.37. The van der Waals surface area contributed by atoms with Crippen molar-refractivity contribution < 1.29 is 13.2 Å². The molecule has 8 nitrogen and oxygen atoms in total. The third-order valence-corrected chi connectivity index (χ3v) is 5.70. The second-order valence-corrected chi connectivity index (χ2v) is 8.34. The van der Waals surface area contributed by atoms with Gasteiger partial charge in [0.15, 0.2) is 0 Å². The Labute approximate surface area is 170 Å². The number of nitrogens with one attached hydrogen (secondary N) is 1. The van der Waals surface area contributed by atoms with E-state index in [1.54, 1.807) is 49.2 Å². The maximum Gasteiger partial charge on any atom is 0.331 e. The van der Waals surface area contributed by atoms with Crippen LogP contribution in [-0.2, 0) is 23.1 Å². The summed E-state index contributed by atoms with van der Waals surface area (Å²) in [5.74, 6) is 0. The molecule has 0 bridgehead atoms. The van der Waals surface area contributed by atoms with Gasteiger partial charge in [-0.05, 0) is 43.2 Å². The Bertz CT molecular complexity index is 1020. The Morgan fingerprint density at radius 1 is 1.07 bits per heavy atom. The first-order valence-corrected chi connectivity index (χ1v) is 10.7. The number of carbonyl (C=O) groups is 1. The maximum absolute atomic E-state index is 12.8. The fourth-order valence-corrected chi connectivity index (χ4v) is 3.75. The van der Waals surface area contributed by atoms with Gasteiger partial charge in [-0.3, -0.25) is 4.98 Å². The highest BCUT2D eigenvalue weighted by Crippen LogP contribution is 2.12. The predicted octanol–water partition coefficient (Wildman–Crippen LogP) is 2.58. The van der Waals surface area contributed by atoms with Gasteiger partial charge in [-0.2, -0.15) is 0 Å². The van der Waals surface area contributed by atoms with Crippen molar-refractivity contribution in [1.29, 1.82) is 0 Å². The zero-order chi connectivity index (χ0) is 20.7. The number of hydrogen-bond donors (Lipinski definition) is 1. The van der Waals surface area contributed by atoms with Crippen LogP contribution in [0, 0.1) is 6.92 Å². The van der Waals surface area contributed by atoms with E-state index in [2.05, 4.69) is 14.7 Å². The molecule has 0 radical (unpaired) electrons. The summed E-state index contributed by atoms with van der Waals surface area (Å²) in [6.07, 6.45) is 9.17. The molecule has 152 valence electrons. The van der Waals surface area contributed by atoms with Crippen molar-refractivity contribution in [3.05, 3.63) is 78.6 Å². The predicted molar refractivity (Wildman–Crippen MR) is 108 cm³/mol. The molecule has 0 atom stereocenters. The van der Waals surface area contributed by atoms with Crippen LogP contribution in [-0.4, -0.2) is 40.4 Å². The largest absolute Gasteiger partial charge is 0.337 e. The van der Waals surface area contributed by atoms with E-state index in [4.69, 9.17) is 0 Å². The Balaban J connectivity index is 1.70. The monoisotopic (exact) mass is 413 g/mol. The second-order valence-electron chi connectivity index (χ2n) is 6.65. The quantitative estimate of drug-likeness (QED) is 0.612. The molecule has 1 aromatic carbocycles. The maximum atomic E-state index is 12.8. The number of urea groups is 1. The molecule has 0 spiro atoms. The first-order valence-electron chi connectivity index (χ1n) is 9.17. The molecule has 2 heterocycles. The molecule has 9 heteroatoms. The normalized spacial score (nSPS) is 11.2. The van der Waals surface area contributed by atoms with Gasteiger partial charge in [0.1, 0.15) is 0 Å². The van der Waals surface area contributed by atoms with E-state index in [0.717, 1.165) is 11.1 Å². The van der Waals surface area contributed by atoms with Crippen molar-refractivity contribution in [2.75, 3.05) is 6.54 Å². The summed E-state index contributed by atoms with van der Waals surface area (Å²) in [4.78, 5) is 22.3.